The number of carbonyl (C=O) groups excluding carboxylic acids is 4. The third kappa shape index (κ3) is 5.01. The van der Waals surface area contributed by atoms with E-state index < -0.39 is 11.9 Å². The lowest BCUT2D eigenvalue weighted by Crippen LogP contribution is -2.09. The molecule has 178 valence electrons. The van der Waals surface area contributed by atoms with Crippen molar-refractivity contribution in [3.05, 3.63) is 80.4 Å². The molecule has 0 radical (unpaired) electrons. The van der Waals surface area contributed by atoms with Crippen LogP contribution in [-0.4, -0.2) is 33.5 Å². The van der Waals surface area contributed by atoms with E-state index >= 15 is 0 Å². The van der Waals surface area contributed by atoms with Crippen molar-refractivity contribution in [2.75, 3.05) is 0 Å². The predicted octanol–water partition coefficient (Wildman–Crippen LogP) is 4.70. The molecule has 2 N–H and O–H groups in total. The Bertz CT molecular complexity index is 1200. The molecular formula is C26H28N2O6. The van der Waals surface area contributed by atoms with Gasteiger partial charge in [-0.3, -0.25) is 9.59 Å². The summed E-state index contributed by atoms with van der Waals surface area (Å²) in [6.07, 6.45) is 0. The lowest BCUT2D eigenvalue weighted by molar-refractivity contribution is 0.0464. The second-order valence-electron chi connectivity index (χ2n) is 8.33. The van der Waals surface area contributed by atoms with Crippen molar-refractivity contribution in [2.24, 2.45) is 0 Å². The van der Waals surface area contributed by atoms with Crippen LogP contribution in [0.15, 0.2) is 24.3 Å². The maximum Gasteiger partial charge on any atom is 0.355 e. The van der Waals surface area contributed by atoms with Crippen molar-refractivity contribution < 1.29 is 28.7 Å². The van der Waals surface area contributed by atoms with Crippen LogP contribution in [0, 0.1) is 27.7 Å². The summed E-state index contributed by atoms with van der Waals surface area (Å²) in [5.74, 6) is -1.34. The van der Waals surface area contributed by atoms with E-state index in [1.54, 1.807) is 52.0 Å². The molecule has 0 saturated heterocycles. The number of aromatic amines is 2. The second kappa shape index (κ2) is 9.91. The first-order valence-corrected chi connectivity index (χ1v) is 10.8. The summed E-state index contributed by atoms with van der Waals surface area (Å²) >= 11 is 0. The van der Waals surface area contributed by atoms with Crippen LogP contribution in [0.25, 0.3) is 0 Å². The number of esters is 2. The SMILES string of the molecule is CC(=O)c1c(C)[nH]c(C(=O)OCc2cccc(COC(=O)c3[nH]c(C)c(C(C)=O)c3C)c2)c1C. The van der Waals surface area contributed by atoms with Gasteiger partial charge >= 0.3 is 11.9 Å². The number of nitrogens with one attached hydrogen (secondary N) is 2. The molecule has 0 aliphatic rings. The van der Waals surface area contributed by atoms with Gasteiger partial charge in [0.25, 0.3) is 0 Å². The molecule has 2 aromatic heterocycles. The first-order valence-electron chi connectivity index (χ1n) is 10.8. The number of aromatic nitrogens is 2. The fourth-order valence-electron chi connectivity index (χ4n) is 4.22. The van der Waals surface area contributed by atoms with Crippen LogP contribution in [0.4, 0.5) is 0 Å². The van der Waals surface area contributed by atoms with Gasteiger partial charge < -0.3 is 19.4 Å². The summed E-state index contributed by atoms with van der Waals surface area (Å²) in [6.45, 7) is 9.84. The monoisotopic (exact) mass is 464 g/mol. The van der Waals surface area contributed by atoms with Gasteiger partial charge in [-0.25, -0.2) is 9.59 Å². The van der Waals surface area contributed by atoms with Gasteiger partial charge in [-0.1, -0.05) is 18.2 Å². The van der Waals surface area contributed by atoms with E-state index in [2.05, 4.69) is 9.97 Å². The van der Waals surface area contributed by atoms with Crippen LogP contribution in [-0.2, 0) is 22.7 Å². The first kappa shape index (κ1) is 24.7. The van der Waals surface area contributed by atoms with E-state index in [-0.39, 0.29) is 36.2 Å². The summed E-state index contributed by atoms with van der Waals surface area (Å²) in [5, 5.41) is 0. The van der Waals surface area contributed by atoms with Crippen molar-refractivity contribution in [3.8, 4) is 0 Å². The molecular weight excluding hydrogens is 436 g/mol. The van der Waals surface area contributed by atoms with Crippen molar-refractivity contribution in [1.82, 2.24) is 9.97 Å². The number of H-pyrrole nitrogens is 2. The third-order valence-corrected chi connectivity index (χ3v) is 5.72. The molecule has 0 aliphatic carbocycles. The van der Waals surface area contributed by atoms with Crippen molar-refractivity contribution in [1.29, 1.82) is 0 Å². The van der Waals surface area contributed by atoms with E-state index in [1.165, 1.54) is 13.8 Å². The number of aryl methyl sites for hydroxylation is 2. The minimum absolute atomic E-state index is 0.0183. The Morgan fingerprint density at radius 3 is 1.41 bits per heavy atom. The van der Waals surface area contributed by atoms with Crippen LogP contribution < -0.4 is 0 Å². The number of benzene rings is 1. The molecule has 0 aliphatic heterocycles. The Balaban J connectivity index is 1.64. The molecule has 34 heavy (non-hydrogen) atoms. The smallest absolute Gasteiger partial charge is 0.355 e. The Morgan fingerprint density at radius 1 is 0.706 bits per heavy atom. The van der Waals surface area contributed by atoms with Gasteiger partial charge in [0.2, 0.25) is 0 Å². The number of ether oxygens (including phenoxy) is 2. The maximum atomic E-state index is 12.5. The van der Waals surface area contributed by atoms with Gasteiger partial charge in [-0.2, -0.15) is 0 Å². The van der Waals surface area contributed by atoms with Gasteiger partial charge in [-0.15, -0.1) is 0 Å². The molecule has 0 atom stereocenters. The molecule has 2 heterocycles. The largest absolute Gasteiger partial charge is 0.456 e. The summed E-state index contributed by atoms with van der Waals surface area (Å²) < 4.78 is 10.8. The summed E-state index contributed by atoms with van der Waals surface area (Å²) in [4.78, 5) is 54.5. The minimum atomic E-state index is -0.552. The van der Waals surface area contributed by atoms with E-state index in [0.717, 1.165) is 11.1 Å². The van der Waals surface area contributed by atoms with Crippen LogP contribution in [0.3, 0.4) is 0 Å². The fraction of sp³-hybridized carbons (Fsp3) is 0.308. The Labute approximate surface area is 197 Å². The van der Waals surface area contributed by atoms with Crippen molar-refractivity contribution in [2.45, 2.75) is 54.8 Å². The summed E-state index contributed by atoms with van der Waals surface area (Å²) in [6, 6.07) is 7.15. The lowest BCUT2D eigenvalue weighted by Gasteiger charge is -2.08. The van der Waals surface area contributed by atoms with Crippen LogP contribution in [0.1, 0.15) is 89.2 Å². The highest BCUT2D eigenvalue weighted by atomic mass is 16.5. The number of hydrogen-bond acceptors (Lipinski definition) is 6. The molecule has 0 fully saturated rings. The van der Waals surface area contributed by atoms with Gasteiger partial charge in [0.05, 0.1) is 0 Å². The molecule has 1 aromatic carbocycles. The number of Topliss-reactive ketones (excluding diaryl/α,β-unsaturated/α-hetero) is 2. The minimum Gasteiger partial charge on any atom is -0.456 e. The second-order valence-corrected chi connectivity index (χ2v) is 8.33. The average Bonchev–Trinajstić information content (AvgIpc) is 3.24. The van der Waals surface area contributed by atoms with E-state index in [0.29, 0.717) is 33.6 Å². The maximum absolute atomic E-state index is 12.5. The molecule has 8 nitrogen and oxygen atoms in total. The number of rotatable bonds is 8. The standard InChI is InChI=1S/C26H28N2O6/c1-13-21(17(5)29)15(3)27-23(13)25(31)33-11-19-8-7-9-20(10-19)12-34-26(32)24-14(2)22(18(6)30)16(4)28-24/h7-10,27-28H,11-12H2,1-6H3. The van der Waals surface area contributed by atoms with Gasteiger partial charge in [-0.05, 0) is 69.9 Å². The van der Waals surface area contributed by atoms with Crippen molar-refractivity contribution >= 4 is 23.5 Å². The molecule has 3 aromatic rings. The zero-order chi connectivity index (χ0) is 25.2. The Hall–Kier alpha value is -3.94. The Kier molecular flexibility index (Phi) is 7.20. The van der Waals surface area contributed by atoms with Crippen LogP contribution in [0.2, 0.25) is 0 Å². The zero-order valence-corrected chi connectivity index (χ0v) is 20.2. The highest BCUT2D eigenvalue weighted by molar-refractivity contribution is 6.01. The van der Waals surface area contributed by atoms with E-state index in [9.17, 15) is 19.2 Å². The van der Waals surface area contributed by atoms with Gasteiger partial charge in [0.1, 0.15) is 24.6 Å². The number of hydrogen-bond donors (Lipinski definition) is 2. The quantitative estimate of drug-likeness (QED) is 0.369. The van der Waals surface area contributed by atoms with Crippen molar-refractivity contribution in [3.63, 3.8) is 0 Å². The molecule has 0 spiro atoms. The average molecular weight is 465 g/mol. The molecule has 3 rings (SSSR count). The van der Waals surface area contributed by atoms with E-state index in [1.807, 2.05) is 0 Å². The predicted molar refractivity (Wildman–Crippen MR) is 125 cm³/mol. The zero-order valence-electron chi connectivity index (χ0n) is 20.2. The lowest BCUT2D eigenvalue weighted by atomic mass is 10.1. The fourth-order valence-corrected chi connectivity index (χ4v) is 4.22. The highest BCUT2D eigenvalue weighted by Gasteiger charge is 2.22. The topological polar surface area (TPSA) is 118 Å². The summed E-state index contributed by atoms with van der Waals surface area (Å²) in [5.41, 5.74) is 5.35. The molecule has 0 unspecified atom stereocenters. The molecule has 0 bridgehead atoms. The van der Waals surface area contributed by atoms with E-state index in [4.69, 9.17) is 9.47 Å². The molecule has 0 saturated carbocycles. The van der Waals surface area contributed by atoms with Crippen LogP contribution >= 0.6 is 0 Å². The number of carbonyl (C=O) groups is 4. The van der Waals surface area contributed by atoms with Gasteiger partial charge in [0, 0.05) is 22.5 Å². The molecule has 8 heteroatoms. The Morgan fingerprint density at radius 2 is 1.09 bits per heavy atom. The first-order chi connectivity index (χ1) is 16.0. The number of ketones is 2. The highest BCUT2D eigenvalue weighted by Crippen LogP contribution is 2.21. The van der Waals surface area contributed by atoms with Gasteiger partial charge in [0.15, 0.2) is 11.6 Å². The molecule has 0 amide bonds. The normalized spacial score (nSPS) is 10.8. The van der Waals surface area contributed by atoms with Crippen LogP contribution in [0.5, 0.6) is 0 Å². The third-order valence-electron chi connectivity index (χ3n) is 5.72. The summed E-state index contributed by atoms with van der Waals surface area (Å²) in [7, 11) is 0.